The lowest BCUT2D eigenvalue weighted by atomic mass is 10.2. The van der Waals surface area contributed by atoms with Gasteiger partial charge in [0.2, 0.25) is 0 Å². The highest BCUT2D eigenvalue weighted by Crippen LogP contribution is 2.20. The molecule has 1 aromatic heterocycles. The van der Waals surface area contributed by atoms with Crippen molar-refractivity contribution in [3.8, 4) is 0 Å². The van der Waals surface area contributed by atoms with Gasteiger partial charge >= 0.3 is 0 Å². The summed E-state index contributed by atoms with van der Waals surface area (Å²) in [6, 6.07) is 1.22. The molecule has 0 saturated heterocycles. The van der Waals surface area contributed by atoms with Crippen molar-refractivity contribution in [3.63, 3.8) is 0 Å². The lowest BCUT2D eigenvalue weighted by molar-refractivity contribution is 0.600. The highest BCUT2D eigenvalue weighted by molar-refractivity contribution is 7.80. The number of thiocarbonyl (C=S) groups is 1. The molecule has 88 valence electrons. The number of rotatable bonds is 4. The van der Waals surface area contributed by atoms with Crippen LogP contribution in [0.25, 0.3) is 0 Å². The van der Waals surface area contributed by atoms with Crippen molar-refractivity contribution < 1.29 is 4.39 Å². The predicted octanol–water partition coefficient (Wildman–Crippen LogP) is 2.38. The van der Waals surface area contributed by atoms with Gasteiger partial charge in [-0.05, 0) is 13.0 Å². The van der Waals surface area contributed by atoms with E-state index in [1.807, 2.05) is 6.92 Å². The minimum absolute atomic E-state index is 0.0133. The summed E-state index contributed by atoms with van der Waals surface area (Å²) in [5.74, 6) is -0.210. The van der Waals surface area contributed by atoms with Crippen molar-refractivity contribution in [1.82, 2.24) is 4.98 Å². The lowest BCUT2D eigenvalue weighted by Crippen LogP contribution is -2.33. The van der Waals surface area contributed by atoms with Crippen molar-refractivity contribution in [2.45, 2.75) is 19.4 Å². The number of hydrogen-bond acceptors (Lipinski definition) is 3. The highest BCUT2D eigenvalue weighted by atomic mass is 35.5. The number of nitrogens with zero attached hydrogens (tertiary/aromatic N) is 2. The van der Waals surface area contributed by atoms with Crippen LogP contribution >= 0.6 is 23.8 Å². The van der Waals surface area contributed by atoms with Gasteiger partial charge in [0.05, 0.1) is 10.0 Å². The van der Waals surface area contributed by atoms with Gasteiger partial charge in [-0.2, -0.15) is 0 Å². The Kier molecular flexibility index (Phi) is 4.44. The zero-order valence-electron chi connectivity index (χ0n) is 9.08. The second-order valence-corrected chi connectivity index (χ2v) is 4.55. The van der Waals surface area contributed by atoms with Crippen LogP contribution in [0.4, 0.5) is 10.2 Å². The van der Waals surface area contributed by atoms with Crippen molar-refractivity contribution in [2.75, 3.05) is 11.9 Å². The molecule has 1 heterocycles. The van der Waals surface area contributed by atoms with E-state index < -0.39 is 5.82 Å². The average Bonchev–Trinajstić information content (AvgIpc) is 2.15. The number of halogens is 2. The molecule has 16 heavy (non-hydrogen) atoms. The molecule has 0 aromatic carbocycles. The first-order valence-electron chi connectivity index (χ1n) is 4.74. The van der Waals surface area contributed by atoms with Crippen LogP contribution in [0.15, 0.2) is 12.3 Å². The van der Waals surface area contributed by atoms with Crippen LogP contribution in [0, 0.1) is 5.82 Å². The summed E-state index contributed by atoms with van der Waals surface area (Å²) in [4.78, 5) is 6.02. The van der Waals surface area contributed by atoms with Crippen molar-refractivity contribution in [1.29, 1.82) is 0 Å². The van der Waals surface area contributed by atoms with Crippen LogP contribution in [-0.2, 0) is 0 Å². The summed E-state index contributed by atoms with van der Waals surface area (Å²) in [7, 11) is 1.74. The third-order valence-corrected chi connectivity index (χ3v) is 2.65. The fraction of sp³-hybridized carbons (Fsp3) is 0.400. The van der Waals surface area contributed by atoms with E-state index in [-0.39, 0.29) is 16.9 Å². The largest absolute Gasteiger partial charge is 0.393 e. The van der Waals surface area contributed by atoms with Crippen LogP contribution in [-0.4, -0.2) is 23.1 Å². The normalized spacial score (nSPS) is 12.2. The van der Waals surface area contributed by atoms with Crippen LogP contribution in [0.1, 0.15) is 13.3 Å². The summed E-state index contributed by atoms with van der Waals surface area (Å²) in [6.07, 6.45) is 1.92. The van der Waals surface area contributed by atoms with Gasteiger partial charge in [-0.1, -0.05) is 23.8 Å². The third-order valence-electron chi connectivity index (χ3n) is 2.28. The van der Waals surface area contributed by atoms with Gasteiger partial charge in [-0.3, -0.25) is 0 Å². The fourth-order valence-electron chi connectivity index (χ4n) is 1.30. The van der Waals surface area contributed by atoms with E-state index in [1.165, 1.54) is 12.3 Å². The Morgan fingerprint density at radius 3 is 2.88 bits per heavy atom. The van der Waals surface area contributed by atoms with Crippen molar-refractivity contribution in [3.05, 3.63) is 23.1 Å². The molecule has 1 unspecified atom stereocenters. The summed E-state index contributed by atoms with van der Waals surface area (Å²) >= 11 is 10.4. The van der Waals surface area contributed by atoms with E-state index in [9.17, 15) is 4.39 Å². The molecule has 0 spiro atoms. The molecule has 3 nitrogen and oxygen atoms in total. The summed E-state index contributed by atoms with van der Waals surface area (Å²) in [5.41, 5.74) is 5.44. The lowest BCUT2D eigenvalue weighted by Gasteiger charge is -2.25. The first-order valence-corrected chi connectivity index (χ1v) is 5.52. The minimum Gasteiger partial charge on any atom is -0.393 e. The SMILES string of the molecule is CC(CC(N)=S)N(C)c1ncc(Cl)cc1F. The highest BCUT2D eigenvalue weighted by Gasteiger charge is 2.16. The molecule has 0 radical (unpaired) electrons. The summed E-state index contributed by atoms with van der Waals surface area (Å²) in [6.45, 7) is 1.90. The predicted molar refractivity (Wildman–Crippen MR) is 68.5 cm³/mol. The number of hydrogen-bond donors (Lipinski definition) is 1. The molecule has 0 aliphatic heterocycles. The summed E-state index contributed by atoms with van der Waals surface area (Å²) in [5, 5.41) is 0.275. The Balaban J connectivity index is 2.87. The molecule has 1 aromatic rings. The minimum atomic E-state index is -0.454. The molecule has 0 saturated carbocycles. The van der Waals surface area contributed by atoms with E-state index >= 15 is 0 Å². The van der Waals surface area contributed by atoms with E-state index in [1.54, 1.807) is 11.9 Å². The second kappa shape index (κ2) is 5.41. The fourth-order valence-corrected chi connectivity index (χ4v) is 1.69. The molecule has 0 amide bonds. The van der Waals surface area contributed by atoms with Crippen molar-refractivity contribution >= 4 is 34.6 Å². The monoisotopic (exact) mass is 261 g/mol. The van der Waals surface area contributed by atoms with Gasteiger partial charge in [0.15, 0.2) is 11.6 Å². The topological polar surface area (TPSA) is 42.1 Å². The molecular weight excluding hydrogens is 249 g/mol. The molecule has 0 bridgehead atoms. The van der Waals surface area contributed by atoms with Crippen LogP contribution in [0.2, 0.25) is 5.02 Å². The maximum absolute atomic E-state index is 13.5. The Labute approximate surface area is 104 Å². The van der Waals surface area contributed by atoms with E-state index in [0.717, 1.165) is 0 Å². The standard InChI is InChI=1S/C10H13ClFN3S/c1-6(3-9(13)16)15(2)10-8(12)4-7(11)5-14-10/h4-6H,3H2,1-2H3,(H2,13,16). The molecule has 0 aliphatic rings. The zero-order chi connectivity index (χ0) is 12.3. The van der Waals surface area contributed by atoms with E-state index in [4.69, 9.17) is 29.6 Å². The molecule has 2 N–H and O–H groups in total. The molecule has 1 rings (SSSR count). The Bertz CT molecular complexity index is 400. The Hall–Kier alpha value is -0.940. The Morgan fingerprint density at radius 1 is 1.75 bits per heavy atom. The second-order valence-electron chi connectivity index (χ2n) is 3.59. The molecule has 0 fully saturated rings. The van der Waals surface area contributed by atoms with E-state index in [0.29, 0.717) is 11.4 Å². The maximum atomic E-state index is 13.5. The van der Waals surface area contributed by atoms with Gasteiger partial charge in [0.1, 0.15) is 0 Å². The molecule has 6 heteroatoms. The van der Waals surface area contributed by atoms with Crippen LogP contribution < -0.4 is 10.6 Å². The molecule has 0 aliphatic carbocycles. The number of anilines is 1. The third kappa shape index (κ3) is 3.28. The van der Waals surface area contributed by atoms with Gasteiger partial charge in [0.25, 0.3) is 0 Å². The van der Waals surface area contributed by atoms with Gasteiger partial charge in [0, 0.05) is 25.7 Å². The number of aromatic nitrogens is 1. The first-order chi connectivity index (χ1) is 7.41. The van der Waals surface area contributed by atoms with E-state index in [2.05, 4.69) is 4.98 Å². The maximum Gasteiger partial charge on any atom is 0.167 e. The first kappa shape index (κ1) is 13.1. The van der Waals surface area contributed by atoms with Gasteiger partial charge < -0.3 is 10.6 Å². The van der Waals surface area contributed by atoms with Crippen LogP contribution in [0.3, 0.4) is 0 Å². The average molecular weight is 262 g/mol. The van der Waals surface area contributed by atoms with Crippen molar-refractivity contribution in [2.24, 2.45) is 5.73 Å². The zero-order valence-corrected chi connectivity index (χ0v) is 10.6. The Morgan fingerprint density at radius 2 is 2.38 bits per heavy atom. The number of nitrogens with two attached hydrogens (primary N) is 1. The molecule has 1 atom stereocenters. The van der Waals surface area contributed by atoms with Gasteiger partial charge in [-0.15, -0.1) is 0 Å². The summed E-state index contributed by atoms with van der Waals surface area (Å²) < 4.78 is 13.5. The number of pyridine rings is 1. The quantitative estimate of drug-likeness (QED) is 0.845. The van der Waals surface area contributed by atoms with Gasteiger partial charge in [-0.25, -0.2) is 9.37 Å². The van der Waals surface area contributed by atoms with Crippen LogP contribution in [0.5, 0.6) is 0 Å². The smallest absolute Gasteiger partial charge is 0.167 e. The molecular formula is C10H13ClFN3S.